The van der Waals surface area contributed by atoms with Crippen LogP contribution in [0.25, 0.3) is 0 Å². The smallest absolute Gasteiger partial charge is 0.238 e. The van der Waals surface area contributed by atoms with Gasteiger partial charge in [-0.25, -0.2) is 9.97 Å². The van der Waals surface area contributed by atoms with E-state index in [-0.39, 0.29) is 22.1 Å². The molecule has 2 unspecified atom stereocenters. The monoisotopic (exact) mass is 483 g/mol. The summed E-state index contributed by atoms with van der Waals surface area (Å²) in [5, 5.41) is 8.74. The average molecular weight is 484 g/mol. The molecule has 9 nitrogen and oxygen atoms in total. The lowest BCUT2D eigenvalue weighted by Gasteiger charge is -2.46. The number of ether oxygens (including phenoxy) is 1. The largest absolute Gasteiger partial charge is 0.378 e. The molecule has 3 aliphatic rings. The van der Waals surface area contributed by atoms with Crippen LogP contribution in [0.2, 0.25) is 0 Å². The Morgan fingerprint density at radius 2 is 1.94 bits per heavy atom. The molecule has 10 heteroatoms. The molecule has 2 aromatic rings. The number of fused-ring (bicyclic) bond motifs is 1. The molecule has 0 N–H and O–H groups in total. The standard InChI is InChI=1S/C24H33N7O2S/c1-16-12-29(9-10-30(16)22(32)24(4)8-11-34-24)20-19-21(26-15-25-20)31(14-23(19,2)3)18-7-6-17(13-33-5)27-28-18/h6-7,15-16H,8-14H2,1-5H3. The van der Waals surface area contributed by atoms with E-state index in [1.807, 2.05) is 12.1 Å². The Morgan fingerprint density at radius 1 is 1.18 bits per heavy atom. The third-order valence-electron chi connectivity index (χ3n) is 7.21. The molecule has 3 aliphatic heterocycles. The van der Waals surface area contributed by atoms with Crippen molar-refractivity contribution in [2.45, 2.75) is 56.9 Å². The molecule has 0 saturated carbocycles. The van der Waals surface area contributed by atoms with E-state index >= 15 is 0 Å². The van der Waals surface area contributed by atoms with Crippen molar-refractivity contribution in [2.75, 3.05) is 48.8 Å². The van der Waals surface area contributed by atoms with Gasteiger partial charge in [0, 0.05) is 50.3 Å². The van der Waals surface area contributed by atoms with E-state index in [4.69, 9.17) is 9.72 Å². The number of anilines is 3. The fourth-order valence-corrected chi connectivity index (χ4v) is 6.27. The maximum atomic E-state index is 13.1. The first-order valence-corrected chi connectivity index (χ1v) is 12.9. The number of piperazine rings is 1. The number of aromatic nitrogens is 4. The van der Waals surface area contributed by atoms with Crippen LogP contribution in [-0.4, -0.2) is 80.8 Å². The van der Waals surface area contributed by atoms with Gasteiger partial charge in [0.15, 0.2) is 5.82 Å². The minimum atomic E-state index is -0.241. The highest BCUT2D eigenvalue weighted by molar-refractivity contribution is 8.02. The summed E-state index contributed by atoms with van der Waals surface area (Å²) in [6.45, 7) is 12.1. The molecule has 0 aliphatic carbocycles. The average Bonchev–Trinajstić information content (AvgIpc) is 3.09. The predicted octanol–water partition coefficient (Wildman–Crippen LogP) is 2.78. The van der Waals surface area contributed by atoms with Gasteiger partial charge >= 0.3 is 0 Å². The van der Waals surface area contributed by atoms with E-state index in [1.54, 1.807) is 25.2 Å². The quantitative estimate of drug-likeness (QED) is 0.637. The van der Waals surface area contributed by atoms with Gasteiger partial charge in [0.25, 0.3) is 0 Å². The zero-order valence-corrected chi connectivity index (χ0v) is 21.4. The molecule has 1 amide bonds. The van der Waals surface area contributed by atoms with Crippen LogP contribution >= 0.6 is 11.8 Å². The molecule has 0 aromatic carbocycles. The number of hydrogen-bond donors (Lipinski definition) is 0. The second-order valence-electron chi connectivity index (χ2n) is 10.3. The van der Waals surface area contributed by atoms with Gasteiger partial charge in [0.2, 0.25) is 5.91 Å². The van der Waals surface area contributed by atoms with Crippen molar-refractivity contribution in [2.24, 2.45) is 0 Å². The Labute approximate surface area is 205 Å². The summed E-state index contributed by atoms with van der Waals surface area (Å²) >= 11 is 1.78. The van der Waals surface area contributed by atoms with E-state index in [0.717, 1.165) is 60.5 Å². The molecule has 5 rings (SSSR count). The van der Waals surface area contributed by atoms with Gasteiger partial charge in [0.1, 0.15) is 18.0 Å². The Morgan fingerprint density at radius 3 is 2.56 bits per heavy atom. The van der Waals surface area contributed by atoms with Crippen LogP contribution in [0.3, 0.4) is 0 Å². The van der Waals surface area contributed by atoms with Gasteiger partial charge in [-0.3, -0.25) is 4.79 Å². The summed E-state index contributed by atoms with van der Waals surface area (Å²) in [6.07, 6.45) is 2.62. The SMILES string of the molecule is COCc1ccc(N2CC(C)(C)c3c(N4CCN(C(=O)C5(C)CCS5)C(C)C4)ncnc32)nn1. The summed E-state index contributed by atoms with van der Waals surface area (Å²) in [5.74, 6) is 3.98. The van der Waals surface area contributed by atoms with Gasteiger partial charge in [0.05, 0.1) is 17.0 Å². The number of nitrogens with zero attached hydrogens (tertiary/aromatic N) is 7. The number of carbonyl (C=O) groups excluding carboxylic acids is 1. The number of thioether (sulfide) groups is 1. The van der Waals surface area contributed by atoms with Crippen LogP contribution in [0, 0.1) is 0 Å². The molecule has 0 bridgehead atoms. The predicted molar refractivity (Wildman–Crippen MR) is 134 cm³/mol. The van der Waals surface area contributed by atoms with Crippen LogP contribution < -0.4 is 9.80 Å². The lowest BCUT2D eigenvalue weighted by molar-refractivity contribution is -0.136. The first kappa shape index (κ1) is 23.3. The topological polar surface area (TPSA) is 87.6 Å². The molecule has 2 fully saturated rings. The highest BCUT2D eigenvalue weighted by Crippen LogP contribution is 2.47. The van der Waals surface area contributed by atoms with Gasteiger partial charge in [-0.05, 0) is 38.2 Å². The third-order valence-corrected chi connectivity index (χ3v) is 8.63. The van der Waals surface area contributed by atoms with Crippen LogP contribution in [0.5, 0.6) is 0 Å². The minimum absolute atomic E-state index is 0.129. The van der Waals surface area contributed by atoms with E-state index in [9.17, 15) is 4.79 Å². The second kappa shape index (κ2) is 8.64. The molecule has 2 saturated heterocycles. The second-order valence-corrected chi connectivity index (χ2v) is 11.9. The third kappa shape index (κ3) is 3.90. The molecule has 182 valence electrons. The first-order chi connectivity index (χ1) is 16.2. The number of rotatable bonds is 5. The van der Waals surface area contributed by atoms with Crippen molar-refractivity contribution in [3.8, 4) is 0 Å². The van der Waals surface area contributed by atoms with Crippen LogP contribution in [-0.2, 0) is 21.6 Å². The summed E-state index contributed by atoms with van der Waals surface area (Å²) < 4.78 is 4.92. The maximum Gasteiger partial charge on any atom is 0.238 e. The zero-order chi connectivity index (χ0) is 24.1. The van der Waals surface area contributed by atoms with Crippen molar-refractivity contribution >= 4 is 35.1 Å². The summed E-state index contributed by atoms with van der Waals surface area (Å²) in [5.41, 5.74) is 1.76. The van der Waals surface area contributed by atoms with Gasteiger partial charge in [-0.15, -0.1) is 16.9 Å². The molecular weight excluding hydrogens is 450 g/mol. The van der Waals surface area contributed by atoms with Crippen molar-refractivity contribution in [1.29, 1.82) is 0 Å². The number of amides is 1. The van der Waals surface area contributed by atoms with E-state index in [2.05, 4.69) is 57.6 Å². The highest BCUT2D eigenvalue weighted by Gasteiger charge is 2.46. The number of hydrogen-bond acceptors (Lipinski definition) is 9. The summed E-state index contributed by atoms with van der Waals surface area (Å²) in [7, 11) is 1.65. The first-order valence-electron chi connectivity index (χ1n) is 11.9. The lowest BCUT2D eigenvalue weighted by atomic mass is 9.87. The molecule has 2 atom stereocenters. The Balaban J connectivity index is 1.40. The van der Waals surface area contributed by atoms with Crippen LogP contribution in [0.1, 0.15) is 45.4 Å². The van der Waals surface area contributed by atoms with Gasteiger partial charge in [-0.2, -0.15) is 5.10 Å². The minimum Gasteiger partial charge on any atom is -0.378 e. The molecular formula is C24H33N7O2S. The molecule has 5 heterocycles. The zero-order valence-electron chi connectivity index (χ0n) is 20.6. The fraction of sp³-hybridized carbons (Fsp3) is 0.625. The molecule has 2 aromatic heterocycles. The Bertz CT molecular complexity index is 1070. The van der Waals surface area contributed by atoms with Crippen molar-refractivity contribution in [1.82, 2.24) is 25.1 Å². The Kier molecular flexibility index (Phi) is 5.92. The van der Waals surface area contributed by atoms with Crippen molar-refractivity contribution in [3.63, 3.8) is 0 Å². The molecule has 0 radical (unpaired) electrons. The van der Waals surface area contributed by atoms with Crippen LogP contribution in [0.4, 0.5) is 17.5 Å². The molecule has 34 heavy (non-hydrogen) atoms. The van der Waals surface area contributed by atoms with Gasteiger partial charge in [-0.1, -0.05) is 13.8 Å². The van der Waals surface area contributed by atoms with Gasteiger partial charge < -0.3 is 19.4 Å². The number of methoxy groups -OCH3 is 1. The van der Waals surface area contributed by atoms with E-state index < -0.39 is 0 Å². The normalized spacial score (nSPS) is 25.8. The maximum absolute atomic E-state index is 13.1. The summed E-state index contributed by atoms with van der Waals surface area (Å²) in [6, 6.07) is 4.04. The molecule has 0 spiro atoms. The lowest BCUT2D eigenvalue weighted by Crippen LogP contribution is -2.60. The highest BCUT2D eigenvalue weighted by atomic mass is 32.2. The fourth-order valence-electron chi connectivity index (χ4n) is 5.21. The summed E-state index contributed by atoms with van der Waals surface area (Å²) in [4.78, 5) is 29.1. The van der Waals surface area contributed by atoms with Crippen LogP contribution in [0.15, 0.2) is 18.5 Å². The van der Waals surface area contributed by atoms with Crippen molar-refractivity contribution < 1.29 is 9.53 Å². The van der Waals surface area contributed by atoms with E-state index in [1.165, 1.54) is 0 Å². The number of carbonyl (C=O) groups is 1. The Hall–Kier alpha value is -2.46. The van der Waals surface area contributed by atoms with E-state index in [0.29, 0.717) is 13.2 Å². The van der Waals surface area contributed by atoms with Crippen molar-refractivity contribution in [3.05, 3.63) is 29.7 Å².